The number of nitrogens with one attached hydrogen (secondary N) is 1. The van der Waals surface area contributed by atoms with E-state index in [-0.39, 0.29) is 11.6 Å². The van der Waals surface area contributed by atoms with Gasteiger partial charge in [0.15, 0.2) is 11.5 Å². The average Bonchev–Trinajstić information content (AvgIpc) is 2.84. The smallest absolute Gasteiger partial charge is 0.275 e. The highest BCUT2D eigenvalue weighted by Crippen LogP contribution is 2.28. The number of aromatic nitrogens is 2. The van der Waals surface area contributed by atoms with E-state index in [2.05, 4.69) is 15.3 Å². The predicted octanol–water partition coefficient (Wildman–Crippen LogP) is 2.94. The molecule has 2 heterocycles. The van der Waals surface area contributed by atoms with E-state index in [1.165, 1.54) is 18.6 Å². The SMILES string of the molecule is COc1ccc(C2=NN(Cc3cccc(NC(=O)c4cnccn4)c3)COC2)cc1OC. The predicted molar refractivity (Wildman–Crippen MR) is 119 cm³/mol. The maximum Gasteiger partial charge on any atom is 0.275 e. The van der Waals surface area contributed by atoms with Crippen molar-refractivity contribution in [1.29, 1.82) is 0 Å². The van der Waals surface area contributed by atoms with Gasteiger partial charge < -0.3 is 19.5 Å². The largest absolute Gasteiger partial charge is 0.493 e. The van der Waals surface area contributed by atoms with Gasteiger partial charge in [-0.3, -0.25) is 14.8 Å². The number of ether oxygens (including phenoxy) is 3. The molecule has 0 spiro atoms. The number of hydrazone groups is 1. The van der Waals surface area contributed by atoms with Crippen molar-refractivity contribution < 1.29 is 19.0 Å². The Bertz CT molecular complexity index is 1120. The molecule has 9 heteroatoms. The molecule has 1 aromatic heterocycles. The number of nitrogens with zero attached hydrogens (tertiary/aromatic N) is 4. The fraction of sp³-hybridized carbons (Fsp3) is 0.217. The van der Waals surface area contributed by atoms with Crippen molar-refractivity contribution in [2.24, 2.45) is 5.10 Å². The molecule has 1 N–H and O–H groups in total. The number of carbonyl (C=O) groups is 1. The van der Waals surface area contributed by atoms with Crippen LogP contribution in [0.4, 0.5) is 5.69 Å². The first-order valence-electron chi connectivity index (χ1n) is 9.95. The summed E-state index contributed by atoms with van der Waals surface area (Å²) < 4.78 is 16.4. The van der Waals surface area contributed by atoms with Crippen LogP contribution in [-0.2, 0) is 11.3 Å². The molecule has 0 atom stereocenters. The zero-order valence-electron chi connectivity index (χ0n) is 17.8. The summed E-state index contributed by atoms with van der Waals surface area (Å²) in [6, 6.07) is 13.2. The molecule has 1 aliphatic rings. The Kier molecular flexibility index (Phi) is 6.57. The fourth-order valence-corrected chi connectivity index (χ4v) is 3.28. The molecule has 0 aliphatic carbocycles. The monoisotopic (exact) mass is 433 g/mol. The summed E-state index contributed by atoms with van der Waals surface area (Å²) in [5, 5.41) is 9.41. The van der Waals surface area contributed by atoms with E-state index in [1.54, 1.807) is 14.2 Å². The van der Waals surface area contributed by atoms with Crippen molar-refractivity contribution in [1.82, 2.24) is 15.0 Å². The second-order valence-electron chi connectivity index (χ2n) is 7.00. The number of carbonyl (C=O) groups excluding carboxylic acids is 1. The zero-order chi connectivity index (χ0) is 22.3. The topological polar surface area (TPSA) is 98.2 Å². The van der Waals surface area contributed by atoms with Crippen LogP contribution >= 0.6 is 0 Å². The molecule has 9 nitrogen and oxygen atoms in total. The van der Waals surface area contributed by atoms with Gasteiger partial charge in [0.1, 0.15) is 12.4 Å². The molecule has 32 heavy (non-hydrogen) atoms. The summed E-state index contributed by atoms with van der Waals surface area (Å²) in [7, 11) is 3.20. The van der Waals surface area contributed by atoms with Crippen LogP contribution < -0.4 is 14.8 Å². The van der Waals surface area contributed by atoms with Gasteiger partial charge in [-0.05, 0) is 35.9 Å². The normalized spacial score (nSPS) is 13.3. The Morgan fingerprint density at radius 2 is 2.00 bits per heavy atom. The zero-order valence-corrected chi connectivity index (χ0v) is 17.8. The quantitative estimate of drug-likeness (QED) is 0.612. The second-order valence-corrected chi connectivity index (χ2v) is 7.00. The van der Waals surface area contributed by atoms with Crippen LogP contribution in [0.3, 0.4) is 0 Å². The van der Waals surface area contributed by atoms with E-state index in [0.717, 1.165) is 16.8 Å². The Morgan fingerprint density at radius 3 is 2.78 bits per heavy atom. The van der Waals surface area contributed by atoms with Crippen molar-refractivity contribution >= 4 is 17.3 Å². The van der Waals surface area contributed by atoms with Gasteiger partial charge in [-0.2, -0.15) is 5.10 Å². The van der Waals surface area contributed by atoms with Gasteiger partial charge in [-0.1, -0.05) is 12.1 Å². The fourth-order valence-electron chi connectivity index (χ4n) is 3.28. The van der Waals surface area contributed by atoms with Gasteiger partial charge in [0.2, 0.25) is 0 Å². The third-order valence-electron chi connectivity index (χ3n) is 4.80. The van der Waals surface area contributed by atoms with E-state index in [1.807, 2.05) is 47.5 Å². The third kappa shape index (κ3) is 5.01. The van der Waals surface area contributed by atoms with E-state index in [0.29, 0.717) is 37.1 Å². The van der Waals surface area contributed by atoms with Crippen LogP contribution in [0.15, 0.2) is 66.2 Å². The molecular weight excluding hydrogens is 410 g/mol. The number of rotatable bonds is 7. The summed E-state index contributed by atoms with van der Waals surface area (Å²) in [6.45, 7) is 1.29. The van der Waals surface area contributed by atoms with Crippen LogP contribution in [0, 0.1) is 0 Å². The molecule has 164 valence electrons. The highest BCUT2D eigenvalue weighted by atomic mass is 16.5. The number of hydrogen-bond donors (Lipinski definition) is 1. The number of anilines is 1. The molecule has 4 rings (SSSR count). The van der Waals surface area contributed by atoms with Crippen molar-refractivity contribution in [3.63, 3.8) is 0 Å². The first kappa shape index (κ1) is 21.3. The van der Waals surface area contributed by atoms with Gasteiger partial charge in [0.05, 0.1) is 39.3 Å². The first-order chi connectivity index (χ1) is 15.7. The van der Waals surface area contributed by atoms with Crippen LogP contribution in [0.5, 0.6) is 11.5 Å². The van der Waals surface area contributed by atoms with E-state index in [4.69, 9.17) is 19.3 Å². The average molecular weight is 433 g/mol. The second kappa shape index (κ2) is 9.88. The van der Waals surface area contributed by atoms with Crippen molar-refractivity contribution in [3.05, 3.63) is 77.9 Å². The Balaban J connectivity index is 1.47. The lowest BCUT2D eigenvalue weighted by molar-refractivity contribution is 0.0296. The van der Waals surface area contributed by atoms with E-state index < -0.39 is 0 Å². The van der Waals surface area contributed by atoms with Gasteiger partial charge in [-0.15, -0.1) is 0 Å². The lowest BCUT2D eigenvalue weighted by atomic mass is 10.1. The number of amides is 1. The van der Waals surface area contributed by atoms with Gasteiger partial charge in [-0.25, -0.2) is 4.98 Å². The molecule has 2 aromatic carbocycles. The number of hydrogen-bond acceptors (Lipinski definition) is 8. The summed E-state index contributed by atoms with van der Waals surface area (Å²) in [5.74, 6) is 0.979. The molecule has 0 unspecified atom stereocenters. The lowest BCUT2D eigenvalue weighted by Crippen LogP contribution is -2.30. The third-order valence-corrected chi connectivity index (χ3v) is 4.80. The highest BCUT2D eigenvalue weighted by molar-refractivity contribution is 6.03. The molecule has 0 radical (unpaired) electrons. The van der Waals surface area contributed by atoms with Crippen LogP contribution in [-0.4, -0.2) is 54.2 Å². The Morgan fingerprint density at radius 1 is 1.12 bits per heavy atom. The molecule has 1 amide bonds. The van der Waals surface area contributed by atoms with Crippen molar-refractivity contribution in [2.45, 2.75) is 6.54 Å². The summed E-state index contributed by atoms with van der Waals surface area (Å²) >= 11 is 0. The Hall–Kier alpha value is -3.98. The van der Waals surface area contributed by atoms with E-state index in [9.17, 15) is 4.79 Å². The molecule has 3 aromatic rings. The van der Waals surface area contributed by atoms with Gasteiger partial charge in [0, 0.05) is 23.6 Å². The minimum Gasteiger partial charge on any atom is -0.493 e. The maximum atomic E-state index is 12.3. The lowest BCUT2D eigenvalue weighted by Gasteiger charge is -2.26. The molecule has 0 saturated heterocycles. The molecule has 0 saturated carbocycles. The van der Waals surface area contributed by atoms with Crippen LogP contribution in [0.25, 0.3) is 0 Å². The molecule has 0 fully saturated rings. The standard InChI is InChI=1S/C23H23N5O4/c1-30-21-7-6-17(11-22(21)31-2)20-14-32-15-28(27-20)13-16-4-3-5-18(10-16)26-23(29)19-12-24-8-9-25-19/h3-12H,13-15H2,1-2H3,(H,26,29). The van der Waals surface area contributed by atoms with Crippen molar-refractivity contribution in [3.8, 4) is 11.5 Å². The number of methoxy groups -OCH3 is 2. The Labute approximate surface area is 185 Å². The first-order valence-corrected chi connectivity index (χ1v) is 9.95. The maximum absolute atomic E-state index is 12.3. The van der Waals surface area contributed by atoms with Crippen LogP contribution in [0.2, 0.25) is 0 Å². The van der Waals surface area contributed by atoms with Gasteiger partial charge in [0.25, 0.3) is 5.91 Å². The van der Waals surface area contributed by atoms with Crippen LogP contribution in [0.1, 0.15) is 21.6 Å². The minimum atomic E-state index is -0.315. The molecular formula is C23H23N5O4. The summed E-state index contributed by atoms with van der Waals surface area (Å²) in [5.41, 5.74) is 3.59. The molecule has 0 bridgehead atoms. The highest BCUT2D eigenvalue weighted by Gasteiger charge is 2.17. The number of benzene rings is 2. The summed E-state index contributed by atoms with van der Waals surface area (Å²) in [4.78, 5) is 20.3. The summed E-state index contributed by atoms with van der Waals surface area (Å²) in [6.07, 6.45) is 4.43. The van der Waals surface area contributed by atoms with Crippen molar-refractivity contribution in [2.75, 3.05) is 32.9 Å². The van der Waals surface area contributed by atoms with Gasteiger partial charge >= 0.3 is 0 Å². The minimum absolute atomic E-state index is 0.256. The molecule has 1 aliphatic heterocycles. The van der Waals surface area contributed by atoms with E-state index >= 15 is 0 Å².